The minimum Gasteiger partial charge on any atom is -0.454 e. The van der Waals surface area contributed by atoms with Crippen molar-refractivity contribution in [2.24, 2.45) is 0 Å². The van der Waals surface area contributed by atoms with Gasteiger partial charge in [-0.25, -0.2) is 0 Å². The third-order valence-corrected chi connectivity index (χ3v) is 4.56. The number of thiophene rings is 1. The summed E-state index contributed by atoms with van der Waals surface area (Å²) in [6.07, 6.45) is 0. The van der Waals surface area contributed by atoms with Crippen molar-refractivity contribution in [3.05, 3.63) is 45.5 Å². The number of nitrogens with zero attached hydrogens (tertiary/aromatic N) is 2. The van der Waals surface area contributed by atoms with Crippen LogP contribution < -0.4 is 14.4 Å². The third kappa shape index (κ3) is 2.64. The molecule has 3 rings (SSSR count). The van der Waals surface area contributed by atoms with Gasteiger partial charge in [0.15, 0.2) is 11.5 Å². The molecule has 1 aliphatic heterocycles. The molecule has 1 aromatic carbocycles. The Morgan fingerprint density at radius 1 is 1.33 bits per heavy atom. The van der Waals surface area contributed by atoms with E-state index in [9.17, 15) is 10.1 Å². The lowest BCUT2D eigenvalue weighted by Crippen LogP contribution is -2.15. The molecular formula is C14H14N2O4S. The van der Waals surface area contributed by atoms with Gasteiger partial charge < -0.3 is 14.4 Å². The van der Waals surface area contributed by atoms with Crippen molar-refractivity contribution in [3.8, 4) is 11.5 Å². The van der Waals surface area contributed by atoms with Gasteiger partial charge in [-0.05, 0) is 41.5 Å². The number of fused-ring (bicyclic) bond motifs is 1. The van der Waals surface area contributed by atoms with E-state index < -0.39 is 0 Å². The Hall–Kier alpha value is -2.28. The molecule has 0 saturated heterocycles. The second-order valence-electron chi connectivity index (χ2n) is 4.87. The molecule has 0 fully saturated rings. The maximum absolute atomic E-state index is 10.8. The van der Waals surface area contributed by atoms with Crippen molar-refractivity contribution < 1.29 is 14.4 Å². The molecular weight excluding hydrogens is 292 g/mol. The molecule has 6 nitrogen and oxygen atoms in total. The van der Waals surface area contributed by atoms with Crippen molar-refractivity contribution in [2.45, 2.75) is 13.5 Å². The predicted molar refractivity (Wildman–Crippen MR) is 80.4 cm³/mol. The molecule has 0 unspecified atom stereocenters. The second-order valence-corrected chi connectivity index (χ2v) is 5.88. The number of hydrogen-bond acceptors (Lipinski definition) is 6. The Kier molecular flexibility index (Phi) is 3.42. The quantitative estimate of drug-likeness (QED) is 0.640. The molecule has 2 heterocycles. The van der Waals surface area contributed by atoms with Crippen molar-refractivity contribution >= 4 is 21.3 Å². The Bertz CT molecular complexity index is 698. The molecule has 1 aliphatic rings. The Morgan fingerprint density at radius 2 is 2.10 bits per heavy atom. The standard InChI is InChI=1S/C14H14N2O4S/c1-9-5-13(16(17)18)21-14(9)15(2)7-10-3-4-11-12(6-10)20-8-19-11/h3-6H,7-8H2,1-2H3. The van der Waals surface area contributed by atoms with Gasteiger partial charge in [-0.15, -0.1) is 0 Å². The summed E-state index contributed by atoms with van der Waals surface area (Å²) < 4.78 is 10.6. The number of aryl methyl sites for hydroxylation is 1. The van der Waals surface area contributed by atoms with Crippen molar-refractivity contribution in [3.63, 3.8) is 0 Å². The average molecular weight is 306 g/mol. The van der Waals surface area contributed by atoms with E-state index in [1.165, 1.54) is 11.3 Å². The maximum Gasteiger partial charge on any atom is 0.326 e. The molecule has 0 amide bonds. The second kappa shape index (κ2) is 5.25. The largest absolute Gasteiger partial charge is 0.454 e. The van der Waals surface area contributed by atoms with E-state index in [4.69, 9.17) is 9.47 Å². The lowest BCUT2D eigenvalue weighted by atomic mass is 10.2. The van der Waals surface area contributed by atoms with E-state index in [0.717, 1.165) is 27.6 Å². The molecule has 0 N–H and O–H groups in total. The van der Waals surface area contributed by atoms with Crippen LogP contribution >= 0.6 is 11.3 Å². The van der Waals surface area contributed by atoms with Gasteiger partial charge in [0.2, 0.25) is 6.79 Å². The molecule has 0 saturated carbocycles. The molecule has 2 aromatic rings. The molecule has 1 aromatic heterocycles. The Labute approximate surface area is 125 Å². The molecule has 0 radical (unpaired) electrons. The molecule has 21 heavy (non-hydrogen) atoms. The molecule has 7 heteroatoms. The Morgan fingerprint density at radius 3 is 2.81 bits per heavy atom. The summed E-state index contributed by atoms with van der Waals surface area (Å²) in [5, 5.41) is 11.9. The van der Waals surface area contributed by atoms with Gasteiger partial charge in [0.05, 0.1) is 4.92 Å². The minimum atomic E-state index is -0.352. The van der Waals surface area contributed by atoms with Gasteiger partial charge in [0.25, 0.3) is 0 Å². The number of hydrogen-bond donors (Lipinski definition) is 0. The molecule has 0 aliphatic carbocycles. The summed E-state index contributed by atoms with van der Waals surface area (Å²) in [7, 11) is 1.92. The molecule has 0 spiro atoms. The summed E-state index contributed by atoms with van der Waals surface area (Å²) in [6.45, 7) is 2.79. The van der Waals surface area contributed by atoms with Gasteiger partial charge >= 0.3 is 5.00 Å². The van der Waals surface area contributed by atoms with E-state index >= 15 is 0 Å². The highest BCUT2D eigenvalue weighted by Gasteiger charge is 2.18. The normalized spacial score (nSPS) is 12.5. The first-order valence-corrected chi connectivity index (χ1v) is 7.21. The summed E-state index contributed by atoms with van der Waals surface area (Å²) >= 11 is 1.19. The summed E-state index contributed by atoms with van der Waals surface area (Å²) in [5.41, 5.74) is 1.98. The first-order chi connectivity index (χ1) is 10.0. The minimum absolute atomic E-state index is 0.167. The van der Waals surface area contributed by atoms with Gasteiger partial charge in [-0.1, -0.05) is 6.07 Å². The topological polar surface area (TPSA) is 64.8 Å². The van der Waals surface area contributed by atoms with Crippen LogP contribution in [0.4, 0.5) is 10.0 Å². The lowest BCUT2D eigenvalue weighted by molar-refractivity contribution is -0.380. The lowest BCUT2D eigenvalue weighted by Gasteiger charge is -2.18. The van der Waals surface area contributed by atoms with Gasteiger partial charge in [0.1, 0.15) is 5.00 Å². The maximum atomic E-state index is 10.8. The summed E-state index contributed by atoms with van der Waals surface area (Å²) in [5.74, 6) is 1.50. The number of rotatable bonds is 4. The monoisotopic (exact) mass is 306 g/mol. The number of ether oxygens (including phenoxy) is 2. The highest BCUT2D eigenvalue weighted by molar-refractivity contribution is 7.19. The summed E-state index contributed by atoms with van der Waals surface area (Å²) in [4.78, 5) is 12.5. The molecule has 110 valence electrons. The first kappa shape index (κ1) is 13.7. The van der Waals surface area contributed by atoms with Crippen LogP contribution in [0.2, 0.25) is 0 Å². The SMILES string of the molecule is Cc1cc([N+](=O)[O-])sc1N(C)Cc1ccc2c(c1)OCO2. The predicted octanol–water partition coefficient (Wildman–Crippen LogP) is 3.33. The van der Waals surface area contributed by atoms with E-state index in [0.29, 0.717) is 6.54 Å². The zero-order valence-electron chi connectivity index (χ0n) is 11.7. The fraction of sp³-hybridized carbons (Fsp3) is 0.286. The molecule has 0 bridgehead atoms. The third-order valence-electron chi connectivity index (χ3n) is 3.26. The van der Waals surface area contributed by atoms with Crippen molar-refractivity contribution in [2.75, 3.05) is 18.7 Å². The van der Waals surface area contributed by atoms with Crippen LogP contribution in [-0.4, -0.2) is 18.8 Å². The number of benzene rings is 1. The van der Waals surface area contributed by atoms with Gasteiger partial charge in [-0.2, -0.15) is 0 Å². The highest BCUT2D eigenvalue weighted by Crippen LogP contribution is 2.37. The molecule has 0 atom stereocenters. The smallest absolute Gasteiger partial charge is 0.326 e. The van der Waals surface area contributed by atoms with Crippen LogP contribution in [0.15, 0.2) is 24.3 Å². The zero-order valence-corrected chi connectivity index (χ0v) is 12.5. The average Bonchev–Trinajstić information content (AvgIpc) is 3.04. The van der Waals surface area contributed by atoms with Crippen LogP contribution in [-0.2, 0) is 6.54 Å². The van der Waals surface area contributed by atoms with Crippen LogP contribution in [0.5, 0.6) is 11.5 Å². The fourth-order valence-electron chi connectivity index (χ4n) is 2.31. The van der Waals surface area contributed by atoms with Crippen molar-refractivity contribution in [1.29, 1.82) is 0 Å². The summed E-state index contributed by atoms with van der Waals surface area (Å²) in [6, 6.07) is 7.41. The number of nitro groups is 1. The number of anilines is 1. The van der Waals surface area contributed by atoms with Gasteiger partial charge in [0, 0.05) is 19.7 Å². The first-order valence-electron chi connectivity index (χ1n) is 6.39. The van der Waals surface area contributed by atoms with Crippen LogP contribution in [0.3, 0.4) is 0 Å². The van der Waals surface area contributed by atoms with Crippen LogP contribution in [0.1, 0.15) is 11.1 Å². The van der Waals surface area contributed by atoms with E-state index in [2.05, 4.69) is 0 Å². The Balaban J connectivity index is 1.80. The zero-order chi connectivity index (χ0) is 15.0. The van der Waals surface area contributed by atoms with E-state index in [1.807, 2.05) is 37.1 Å². The van der Waals surface area contributed by atoms with Crippen LogP contribution in [0, 0.1) is 17.0 Å². The van der Waals surface area contributed by atoms with E-state index in [-0.39, 0.29) is 16.7 Å². The van der Waals surface area contributed by atoms with Crippen LogP contribution in [0.25, 0.3) is 0 Å². The van der Waals surface area contributed by atoms with E-state index in [1.54, 1.807) is 6.07 Å². The van der Waals surface area contributed by atoms with Crippen molar-refractivity contribution in [1.82, 2.24) is 0 Å². The fourth-order valence-corrected chi connectivity index (χ4v) is 3.26. The highest BCUT2D eigenvalue weighted by atomic mass is 32.1. The van der Waals surface area contributed by atoms with Gasteiger partial charge in [-0.3, -0.25) is 10.1 Å².